The Morgan fingerprint density at radius 1 is 0.972 bits per heavy atom. The van der Waals surface area contributed by atoms with E-state index in [1.807, 2.05) is 19.9 Å². The van der Waals surface area contributed by atoms with E-state index in [9.17, 15) is 14.4 Å². The Bertz CT molecular complexity index is 1420. The van der Waals surface area contributed by atoms with E-state index in [0.29, 0.717) is 32.8 Å². The van der Waals surface area contributed by atoms with Gasteiger partial charge in [-0.2, -0.15) is 0 Å². The summed E-state index contributed by atoms with van der Waals surface area (Å²) in [5.41, 5.74) is 3.17. The van der Waals surface area contributed by atoms with Crippen molar-refractivity contribution in [2.75, 3.05) is 12.0 Å². The Morgan fingerprint density at radius 3 is 2.47 bits per heavy atom. The fourth-order valence-corrected chi connectivity index (χ4v) is 4.17. The second-order valence-electron chi connectivity index (χ2n) is 8.11. The number of hydrogen-bond acceptors (Lipinski definition) is 5. The molecule has 0 bridgehead atoms. The predicted molar refractivity (Wildman–Crippen MR) is 139 cm³/mol. The number of nitrogens with one attached hydrogen (secondary N) is 1. The number of nitrogens with zero attached hydrogens (tertiary/aromatic N) is 1. The van der Waals surface area contributed by atoms with Crippen LogP contribution < -0.4 is 19.7 Å². The second kappa shape index (κ2) is 10.4. The van der Waals surface area contributed by atoms with Gasteiger partial charge in [-0.25, -0.2) is 9.69 Å². The first-order valence-electron chi connectivity index (χ1n) is 10.9. The number of urea groups is 1. The second-order valence-corrected chi connectivity index (χ2v) is 8.96. The third-order valence-electron chi connectivity index (χ3n) is 5.82. The van der Waals surface area contributed by atoms with Crippen molar-refractivity contribution in [3.8, 4) is 11.5 Å². The van der Waals surface area contributed by atoms with E-state index < -0.39 is 17.8 Å². The first kappa shape index (κ1) is 25.3. The molecular formula is C27H22Cl2N2O5. The quantitative estimate of drug-likeness (QED) is 0.322. The monoisotopic (exact) mass is 524 g/mol. The summed E-state index contributed by atoms with van der Waals surface area (Å²) in [4.78, 5) is 39.3. The van der Waals surface area contributed by atoms with Gasteiger partial charge in [0.1, 0.15) is 12.2 Å². The van der Waals surface area contributed by atoms with Crippen molar-refractivity contribution in [1.82, 2.24) is 5.32 Å². The lowest BCUT2D eigenvalue weighted by molar-refractivity contribution is -0.122. The third kappa shape index (κ3) is 5.08. The van der Waals surface area contributed by atoms with E-state index in [2.05, 4.69) is 5.32 Å². The Morgan fingerprint density at radius 2 is 1.75 bits per heavy atom. The lowest BCUT2D eigenvalue weighted by atomic mass is 10.0. The average Bonchev–Trinajstić information content (AvgIpc) is 2.84. The Hall–Kier alpha value is -3.81. The van der Waals surface area contributed by atoms with Gasteiger partial charge in [-0.3, -0.25) is 14.9 Å². The fourth-order valence-electron chi connectivity index (χ4n) is 3.71. The fraction of sp³-hybridized carbons (Fsp3) is 0.148. The minimum Gasteiger partial charge on any atom is -0.493 e. The van der Waals surface area contributed by atoms with Crippen LogP contribution in [-0.4, -0.2) is 25.0 Å². The zero-order valence-electron chi connectivity index (χ0n) is 19.7. The van der Waals surface area contributed by atoms with Gasteiger partial charge in [-0.05, 0) is 66.9 Å². The molecule has 0 unspecified atom stereocenters. The number of halogens is 2. The smallest absolute Gasteiger partial charge is 0.335 e. The van der Waals surface area contributed by atoms with Crippen molar-refractivity contribution in [2.24, 2.45) is 0 Å². The zero-order valence-corrected chi connectivity index (χ0v) is 21.2. The van der Waals surface area contributed by atoms with E-state index in [1.165, 1.54) is 13.2 Å². The molecule has 36 heavy (non-hydrogen) atoms. The molecule has 0 radical (unpaired) electrons. The molecule has 7 nitrogen and oxygen atoms in total. The van der Waals surface area contributed by atoms with Crippen molar-refractivity contribution < 1.29 is 23.9 Å². The molecule has 1 aliphatic rings. The molecule has 0 spiro atoms. The first-order chi connectivity index (χ1) is 17.2. The van der Waals surface area contributed by atoms with Gasteiger partial charge in [-0.1, -0.05) is 47.5 Å². The van der Waals surface area contributed by atoms with E-state index in [4.69, 9.17) is 32.7 Å². The number of hydrogen-bond donors (Lipinski definition) is 1. The van der Waals surface area contributed by atoms with Gasteiger partial charge in [0.2, 0.25) is 0 Å². The van der Waals surface area contributed by atoms with Gasteiger partial charge in [0, 0.05) is 15.6 Å². The van der Waals surface area contributed by atoms with Crippen molar-refractivity contribution in [1.29, 1.82) is 0 Å². The molecule has 0 aliphatic carbocycles. The van der Waals surface area contributed by atoms with E-state index in [-0.39, 0.29) is 12.2 Å². The van der Waals surface area contributed by atoms with Crippen LogP contribution >= 0.6 is 23.2 Å². The van der Waals surface area contributed by atoms with Crippen LogP contribution in [0.3, 0.4) is 0 Å². The minimum atomic E-state index is -0.793. The predicted octanol–water partition coefficient (Wildman–Crippen LogP) is 5.86. The molecule has 0 atom stereocenters. The highest BCUT2D eigenvalue weighted by Gasteiger charge is 2.37. The highest BCUT2D eigenvalue weighted by Crippen LogP contribution is 2.32. The van der Waals surface area contributed by atoms with Crippen molar-refractivity contribution in [3.63, 3.8) is 0 Å². The third-order valence-corrected chi connectivity index (χ3v) is 6.40. The molecule has 4 amide bonds. The van der Waals surface area contributed by atoms with Crippen LogP contribution in [0.4, 0.5) is 10.5 Å². The summed E-state index contributed by atoms with van der Waals surface area (Å²) < 4.78 is 11.3. The molecular weight excluding hydrogens is 503 g/mol. The summed E-state index contributed by atoms with van der Waals surface area (Å²) in [6.07, 6.45) is 1.41. The van der Waals surface area contributed by atoms with Crippen molar-refractivity contribution >= 4 is 52.8 Å². The number of anilines is 1. The SMILES string of the molecule is COc1cc(/C=C2\C(=O)NC(=O)N(c3cccc(C)c3C)C2=O)ccc1OCc1ccc(Cl)cc1Cl. The van der Waals surface area contributed by atoms with Crippen LogP contribution in [0.5, 0.6) is 11.5 Å². The number of ether oxygens (including phenoxy) is 2. The molecule has 184 valence electrons. The molecule has 0 saturated carbocycles. The highest BCUT2D eigenvalue weighted by molar-refractivity contribution is 6.39. The Labute approximate surface area is 218 Å². The number of rotatable bonds is 6. The van der Waals surface area contributed by atoms with Crippen LogP contribution in [0.25, 0.3) is 6.08 Å². The first-order valence-corrected chi connectivity index (χ1v) is 11.7. The van der Waals surface area contributed by atoms with Crippen molar-refractivity contribution in [3.05, 3.63) is 92.5 Å². The number of amides is 4. The highest BCUT2D eigenvalue weighted by atomic mass is 35.5. The summed E-state index contributed by atoms with van der Waals surface area (Å²) in [7, 11) is 1.48. The molecule has 1 fully saturated rings. The summed E-state index contributed by atoms with van der Waals surface area (Å²) in [6.45, 7) is 3.87. The number of carbonyl (C=O) groups excluding carboxylic acids is 3. The van der Waals surface area contributed by atoms with Crippen LogP contribution in [0, 0.1) is 13.8 Å². The maximum absolute atomic E-state index is 13.2. The molecule has 4 rings (SSSR count). The molecule has 3 aromatic carbocycles. The molecule has 3 aromatic rings. The van der Waals surface area contributed by atoms with Crippen LogP contribution in [0.15, 0.2) is 60.2 Å². The van der Waals surface area contributed by atoms with Crippen LogP contribution in [0.2, 0.25) is 10.0 Å². The number of methoxy groups -OCH3 is 1. The standard InChI is InChI=1S/C27H22Cl2N2O5/c1-15-5-4-6-22(16(15)2)31-26(33)20(25(32)30-27(31)34)11-17-7-10-23(24(12-17)35-3)36-14-18-8-9-19(28)13-21(18)29/h4-13H,14H2,1-3H3,(H,30,32,34)/b20-11+. The lowest BCUT2D eigenvalue weighted by Gasteiger charge is -2.28. The van der Waals surface area contributed by atoms with Crippen LogP contribution in [-0.2, 0) is 16.2 Å². The van der Waals surface area contributed by atoms with Gasteiger partial charge in [-0.15, -0.1) is 0 Å². The summed E-state index contributed by atoms with van der Waals surface area (Å²) in [5.74, 6) is -0.657. The molecule has 1 saturated heterocycles. The number of benzene rings is 3. The topological polar surface area (TPSA) is 84.9 Å². The van der Waals surface area contributed by atoms with E-state index in [0.717, 1.165) is 21.6 Å². The van der Waals surface area contributed by atoms with Gasteiger partial charge < -0.3 is 9.47 Å². The van der Waals surface area contributed by atoms with E-state index >= 15 is 0 Å². The number of imide groups is 2. The normalized spacial score (nSPS) is 14.8. The summed E-state index contributed by atoms with van der Waals surface area (Å²) in [6, 6.07) is 14.6. The zero-order chi connectivity index (χ0) is 26.0. The molecule has 0 aromatic heterocycles. The maximum Gasteiger partial charge on any atom is 0.335 e. The molecule has 1 heterocycles. The number of barbiturate groups is 1. The maximum atomic E-state index is 13.2. The van der Waals surface area contributed by atoms with Gasteiger partial charge in [0.05, 0.1) is 12.8 Å². The summed E-state index contributed by atoms with van der Waals surface area (Å²) in [5, 5.41) is 3.25. The average molecular weight is 525 g/mol. The lowest BCUT2D eigenvalue weighted by Crippen LogP contribution is -2.54. The van der Waals surface area contributed by atoms with Gasteiger partial charge in [0.25, 0.3) is 11.8 Å². The van der Waals surface area contributed by atoms with Gasteiger partial charge in [0.15, 0.2) is 11.5 Å². The number of aryl methyl sites for hydroxylation is 1. The minimum absolute atomic E-state index is 0.181. The van der Waals surface area contributed by atoms with Gasteiger partial charge >= 0.3 is 6.03 Å². The van der Waals surface area contributed by atoms with Crippen LogP contribution in [0.1, 0.15) is 22.3 Å². The van der Waals surface area contributed by atoms with E-state index in [1.54, 1.807) is 48.5 Å². The number of carbonyl (C=O) groups is 3. The molecule has 9 heteroatoms. The Kier molecular flexibility index (Phi) is 7.33. The molecule has 1 N–H and O–H groups in total. The molecule has 1 aliphatic heterocycles. The Balaban J connectivity index is 1.61. The van der Waals surface area contributed by atoms with Crippen molar-refractivity contribution in [2.45, 2.75) is 20.5 Å². The summed E-state index contributed by atoms with van der Waals surface area (Å²) >= 11 is 12.2. The largest absolute Gasteiger partial charge is 0.493 e.